The van der Waals surface area contributed by atoms with Gasteiger partial charge in [-0.25, -0.2) is 0 Å². The average Bonchev–Trinajstić information content (AvgIpc) is 2.32. The summed E-state index contributed by atoms with van der Waals surface area (Å²) in [5.41, 5.74) is 1.05. The van der Waals surface area contributed by atoms with Crippen LogP contribution >= 0.6 is 15.9 Å². The third-order valence-electron chi connectivity index (χ3n) is 3.64. The summed E-state index contributed by atoms with van der Waals surface area (Å²) in [6.45, 7) is 4.59. The fourth-order valence-corrected chi connectivity index (χ4v) is 2.71. The molecule has 2 rings (SSSR count). The van der Waals surface area contributed by atoms with E-state index in [4.69, 9.17) is 0 Å². The Balaban J connectivity index is 1.93. The van der Waals surface area contributed by atoms with Crippen molar-refractivity contribution in [1.82, 2.24) is 10.3 Å². The molecule has 1 saturated carbocycles. The van der Waals surface area contributed by atoms with Crippen molar-refractivity contribution in [3.8, 4) is 0 Å². The number of carbonyl (C=O) groups excluding carboxylic acids is 1. The molecule has 1 heterocycles. The maximum absolute atomic E-state index is 12.1. The Kier molecular flexibility index (Phi) is 4.05. The molecular weight excluding hydrogens is 292 g/mol. The van der Waals surface area contributed by atoms with Crippen LogP contribution in [0.1, 0.15) is 49.9 Å². The van der Waals surface area contributed by atoms with Crippen LogP contribution in [0.3, 0.4) is 0 Å². The summed E-state index contributed by atoms with van der Waals surface area (Å²) in [6, 6.07) is 2.11. The largest absolute Gasteiger partial charge is 0.349 e. The predicted molar refractivity (Wildman–Crippen MR) is 75.4 cm³/mol. The van der Waals surface area contributed by atoms with Gasteiger partial charge in [0.25, 0.3) is 5.91 Å². The van der Waals surface area contributed by atoms with Crippen molar-refractivity contribution in [2.45, 2.75) is 45.6 Å². The smallest absolute Gasteiger partial charge is 0.253 e. The van der Waals surface area contributed by atoms with Gasteiger partial charge < -0.3 is 5.32 Å². The first-order valence-electron chi connectivity index (χ1n) is 6.38. The van der Waals surface area contributed by atoms with Crippen LogP contribution in [0.4, 0.5) is 0 Å². The van der Waals surface area contributed by atoms with E-state index in [0.717, 1.165) is 17.3 Å². The van der Waals surface area contributed by atoms with Gasteiger partial charge in [0.05, 0.1) is 5.56 Å². The number of aromatic nitrogens is 1. The Morgan fingerprint density at radius 3 is 2.67 bits per heavy atom. The molecule has 0 atom stereocenters. The normalized spacial score (nSPS) is 19.5. The second kappa shape index (κ2) is 5.39. The van der Waals surface area contributed by atoms with Crippen LogP contribution in [0.5, 0.6) is 0 Å². The molecule has 1 amide bonds. The number of rotatable bonds is 2. The first-order chi connectivity index (χ1) is 8.46. The Morgan fingerprint density at radius 2 is 2.06 bits per heavy atom. The van der Waals surface area contributed by atoms with E-state index in [-0.39, 0.29) is 5.91 Å². The molecule has 0 unspecified atom stereocenters. The lowest BCUT2D eigenvalue weighted by molar-refractivity contribution is 0.0908. The summed E-state index contributed by atoms with van der Waals surface area (Å²) in [5.74, 6) is -0.0199. The number of nitrogens with zero attached hydrogens (tertiary/aromatic N) is 1. The maximum Gasteiger partial charge on any atom is 0.253 e. The minimum absolute atomic E-state index is 0.0199. The number of halogens is 1. The number of hydrogen-bond donors (Lipinski definition) is 1. The van der Waals surface area contributed by atoms with Crippen molar-refractivity contribution in [3.05, 3.63) is 28.5 Å². The number of amides is 1. The van der Waals surface area contributed by atoms with Crippen molar-refractivity contribution in [2.24, 2.45) is 5.41 Å². The van der Waals surface area contributed by atoms with Crippen molar-refractivity contribution >= 4 is 21.8 Å². The third kappa shape index (κ3) is 3.55. The lowest BCUT2D eigenvalue weighted by atomic mass is 9.75. The molecule has 3 nitrogen and oxygen atoms in total. The molecule has 0 aliphatic heterocycles. The van der Waals surface area contributed by atoms with Gasteiger partial charge in [-0.1, -0.05) is 13.8 Å². The molecule has 0 saturated heterocycles. The van der Waals surface area contributed by atoms with Crippen molar-refractivity contribution in [2.75, 3.05) is 0 Å². The molecule has 1 aromatic rings. The standard InChI is InChI=1S/C14H19BrN2O/c1-14(2)5-3-12(4-6-14)17-13(18)10-7-11(15)9-16-8-10/h7-9,12H,3-6H2,1-2H3,(H,17,18). The van der Waals surface area contributed by atoms with Gasteiger partial charge in [0.15, 0.2) is 0 Å². The zero-order chi connectivity index (χ0) is 13.2. The molecule has 1 aliphatic carbocycles. The second-order valence-electron chi connectivity index (χ2n) is 5.80. The monoisotopic (exact) mass is 310 g/mol. The van der Waals surface area contributed by atoms with Crippen LogP contribution < -0.4 is 5.32 Å². The molecule has 0 spiro atoms. The summed E-state index contributed by atoms with van der Waals surface area (Å²) in [4.78, 5) is 16.1. The average molecular weight is 311 g/mol. The molecule has 0 bridgehead atoms. The highest BCUT2D eigenvalue weighted by Gasteiger charge is 2.27. The fourth-order valence-electron chi connectivity index (χ4n) is 2.35. The summed E-state index contributed by atoms with van der Waals surface area (Å²) in [7, 11) is 0. The first-order valence-corrected chi connectivity index (χ1v) is 7.17. The molecule has 4 heteroatoms. The molecular formula is C14H19BrN2O. The Labute approximate surface area is 117 Å². The molecule has 18 heavy (non-hydrogen) atoms. The predicted octanol–water partition coefficient (Wildman–Crippen LogP) is 3.54. The summed E-state index contributed by atoms with van der Waals surface area (Å²) < 4.78 is 0.833. The molecule has 1 fully saturated rings. The van der Waals surface area contributed by atoms with Gasteiger partial charge in [-0.2, -0.15) is 0 Å². The van der Waals surface area contributed by atoms with Crippen molar-refractivity contribution in [1.29, 1.82) is 0 Å². The number of pyridine rings is 1. The van der Waals surface area contributed by atoms with Crippen LogP contribution in [0, 0.1) is 5.41 Å². The molecule has 1 aliphatic rings. The van der Waals surface area contributed by atoms with Crippen LogP contribution in [0.25, 0.3) is 0 Å². The van der Waals surface area contributed by atoms with E-state index in [1.807, 2.05) is 0 Å². The number of nitrogens with one attached hydrogen (secondary N) is 1. The number of carbonyl (C=O) groups is 1. The first kappa shape index (κ1) is 13.5. The molecule has 98 valence electrons. The van der Waals surface area contributed by atoms with E-state index in [0.29, 0.717) is 17.0 Å². The fraction of sp³-hybridized carbons (Fsp3) is 0.571. The lowest BCUT2D eigenvalue weighted by Crippen LogP contribution is -2.39. The van der Waals surface area contributed by atoms with Crippen molar-refractivity contribution in [3.63, 3.8) is 0 Å². The summed E-state index contributed by atoms with van der Waals surface area (Å²) in [5, 5.41) is 3.10. The zero-order valence-electron chi connectivity index (χ0n) is 10.9. The van der Waals surface area contributed by atoms with Gasteiger partial charge in [0.2, 0.25) is 0 Å². The SMILES string of the molecule is CC1(C)CCC(NC(=O)c2cncc(Br)c2)CC1. The minimum atomic E-state index is -0.0199. The Bertz CT molecular complexity index is 435. The van der Waals surface area contributed by atoms with Gasteiger partial charge in [-0.15, -0.1) is 0 Å². The molecule has 1 aromatic heterocycles. The highest BCUT2D eigenvalue weighted by molar-refractivity contribution is 9.10. The Morgan fingerprint density at radius 1 is 1.39 bits per heavy atom. The highest BCUT2D eigenvalue weighted by Crippen LogP contribution is 2.35. The van der Waals surface area contributed by atoms with E-state index >= 15 is 0 Å². The van der Waals surface area contributed by atoms with Gasteiger partial charge in [0.1, 0.15) is 0 Å². The van der Waals surface area contributed by atoms with Crippen LogP contribution in [-0.2, 0) is 0 Å². The summed E-state index contributed by atoms with van der Waals surface area (Å²) in [6.07, 6.45) is 7.77. The van der Waals surface area contributed by atoms with Crippen LogP contribution in [0.2, 0.25) is 0 Å². The zero-order valence-corrected chi connectivity index (χ0v) is 12.5. The molecule has 1 N–H and O–H groups in total. The van der Waals surface area contributed by atoms with Gasteiger partial charge in [-0.05, 0) is 53.1 Å². The van der Waals surface area contributed by atoms with E-state index in [2.05, 4.69) is 40.1 Å². The molecule has 0 aromatic carbocycles. The maximum atomic E-state index is 12.1. The highest BCUT2D eigenvalue weighted by atomic mass is 79.9. The van der Waals surface area contributed by atoms with E-state index in [1.54, 1.807) is 18.5 Å². The molecule has 0 radical (unpaired) electrons. The van der Waals surface area contributed by atoms with E-state index in [9.17, 15) is 4.79 Å². The quantitative estimate of drug-likeness (QED) is 0.907. The number of hydrogen-bond acceptors (Lipinski definition) is 2. The minimum Gasteiger partial charge on any atom is -0.349 e. The van der Waals surface area contributed by atoms with E-state index < -0.39 is 0 Å². The lowest BCUT2D eigenvalue weighted by Gasteiger charge is -2.34. The van der Waals surface area contributed by atoms with Crippen LogP contribution in [-0.4, -0.2) is 16.9 Å². The van der Waals surface area contributed by atoms with Gasteiger partial charge in [0, 0.05) is 22.9 Å². The third-order valence-corrected chi connectivity index (χ3v) is 4.08. The van der Waals surface area contributed by atoms with E-state index in [1.165, 1.54) is 12.8 Å². The van der Waals surface area contributed by atoms with Gasteiger partial charge in [-0.3, -0.25) is 9.78 Å². The van der Waals surface area contributed by atoms with Crippen LogP contribution in [0.15, 0.2) is 22.9 Å². The van der Waals surface area contributed by atoms with Crippen molar-refractivity contribution < 1.29 is 4.79 Å². The second-order valence-corrected chi connectivity index (χ2v) is 6.72. The van der Waals surface area contributed by atoms with Gasteiger partial charge >= 0.3 is 0 Å². The summed E-state index contributed by atoms with van der Waals surface area (Å²) >= 11 is 3.33. The topological polar surface area (TPSA) is 42.0 Å². The Hall–Kier alpha value is -0.900.